The summed E-state index contributed by atoms with van der Waals surface area (Å²) in [6.45, 7) is 0.268. The van der Waals surface area contributed by atoms with Gasteiger partial charge >= 0.3 is 0 Å². The van der Waals surface area contributed by atoms with Gasteiger partial charge in [0, 0.05) is 17.6 Å². The van der Waals surface area contributed by atoms with Crippen molar-refractivity contribution >= 4 is 27.0 Å². The first-order valence-electron chi connectivity index (χ1n) is 4.94. The number of rotatable bonds is 4. The molecule has 0 aliphatic carbocycles. The minimum atomic E-state index is -3.78. The molecule has 0 aliphatic heterocycles. The Balaban J connectivity index is 2.30. The van der Waals surface area contributed by atoms with E-state index in [-0.39, 0.29) is 16.4 Å². The largest absolute Gasteiger partial charge is 0.326 e. The molecule has 2 aromatic rings. The van der Waals surface area contributed by atoms with Crippen LogP contribution in [0.2, 0.25) is 0 Å². The summed E-state index contributed by atoms with van der Waals surface area (Å²) in [6, 6.07) is 4.32. The lowest BCUT2D eigenvalue weighted by Crippen LogP contribution is -2.12. The summed E-state index contributed by atoms with van der Waals surface area (Å²) in [4.78, 5) is 4.28. The van der Waals surface area contributed by atoms with Crippen LogP contribution in [0.25, 0.3) is 0 Å². The van der Waals surface area contributed by atoms with Crippen LogP contribution in [0.4, 0.5) is 10.1 Å². The van der Waals surface area contributed by atoms with Gasteiger partial charge in [-0.05, 0) is 18.2 Å². The maximum Gasteiger partial charge on any atom is 0.271 e. The van der Waals surface area contributed by atoms with Gasteiger partial charge in [0.05, 0.1) is 11.9 Å². The summed E-state index contributed by atoms with van der Waals surface area (Å²) in [5.74, 6) is -0.725. The minimum absolute atomic E-state index is 0.0964. The maximum atomic E-state index is 13.3. The zero-order chi connectivity index (χ0) is 13.2. The second-order valence-electron chi connectivity index (χ2n) is 3.39. The van der Waals surface area contributed by atoms with Crippen LogP contribution in [-0.4, -0.2) is 13.4 Å². The number of halogens is 1. The fourth-order valence-corrected chi connectivity index (χ4v) is 3.57. The number of nitrogens with two attached hydrogens (primary N) is 1. The molecule has 5 nitrogen and oxygen atoms in total. The molecule has 18 heavy (non-hydrogen) atoms. The normalized spacial score (nSPS) is 11.4. The van der Waals surface area contributed by atoms with Crippen molar-refractivity contribution in [1.82, 2.24) is 4.98 Å². The molecule has 0 atom stereocenters. The van der Waals surface area contributed by atoms with Gasteiger partial charge in [-0.25, -0.2) is 12.8 Å². The molecule has 2 aromatic heterocycles. The van der Waals surface area contributed by atoms with E-state index in [1.807, 2.05) is 0 Å². The van der Waals surface area contributed by atoms with Gasteiger partial charge in [0.1, 0.15) is 4.21 Å². The first-order chi connectivity index (χ1) is 8.53. The Bertz CT molecular complexity index is 655. The van der Waals surface area contributed by atoms with Crippen LogP contribution < -0.4 is 10.5 Å². The fourth-order valence-electron chi connectivity index (χ4n) is 1.27. The van der Waals surface area contributed by atoms with E-state index >= 15 is 0 Å². The molecule has 0 unspecified atom stereocenters. The molecule has 0 saturated carbocycles. The van der Waals surface area contributed by atoms with Crippen LogP contribution >= 0.6 is 11.3 Å². The third-order valence-corrected chi connectivity index (χ3v) is 5.08. The molecule has 0 amide bonds. The predicted octanol–water partition coefficient (Wildman–Crippen LogP) is 1.54. The number of anilines is 1. The highest BCUT2D eigenvalue weighted by Gasteiger charge is 2.18. The van der Waals surface area contributed by atoms with Crippen LogP contribution in [0.5, 0.6) is 0 Å². The van der Waals surface area contributed by atoms with Crippen LogP contribution in [0, 0.1) is 5.82 Å². The number of aromatic nitrogens is 1. The Morgan fingerprint density at radius 3 is 2.78 bits per heavy atom. The summed E-state index contributed by atoms with van der Waals surface area (Å²) >= 11 is 1.05. The second kappa shape index (κ2) is 5.01. The van der Waals surface area contributed by atoms with E-state index in [4.69, 9.17) is 5.73 Å². The van der Waals surface area contributed by atoms with Gasteiger partial charge < -0.3 is 5.73 Å². The lowest BCUT2D eigenvalue weighted by Gasteiger charge is -2.06. The predicted molar refractivity (Wildman–Crippen MR) is 67.2 cm³/mol. The molecule has 0 spiro atoms. The van der Waals surface area contributed by atoms with E-state index < -0.39 is 15.8 Å². The van der Waals surface area contributed by atoms with E-state index in [0.29, 0.717) is 0 Å². The van der Waals surface area contributed by atoms with Crippen molar-refractivity contribution in [2.45, 2.75) is 10.8 Å². The van der Waals surface area contributed by atoms with Crippen molar-refractivity contribution in [2.24, 2.45) is 5.73 Å². The van der Waals surface area contributed by atoms with Gasteiger partial charge in [0.25, 0.3) is 10.0 Å². The number of hydrogen-bond donors (Lipinski definition) is 2. The zero-order valence-corrected chi connectivity index (χ0v) is 10.8. The molecular weight excluding hydrogens is 277 g/mol. The molecule has 2 heterocycles. The average Bonchev–Trinajstić information content (AvgIpc) is 2.81. The highest BCUT2D eigenvalue weighted by molar-refractivity contribution is 7.94. The molecule has 3 N–H and O–H groups in total. The molecule has 2 rings (SSSR count). The highest BCUT2D eigenvalue weighted by Crippen LogP contribution is 2.24. The Labute approximate surface area is 108 Å². The van der Waals surface area contributed by atoms with Crippen LogP contribution in [0.15, 0.2) is 34.8 Å². The number of nitrogens with zero attached hydrogens (tertiary/aromatic N) is 1. The molecule has 0 aromatic carbocycles. The zero-order valence-electron chi connectivity index (χ0n) is 9.13. The molecule has 0 radical (unpaired) electrons. The number of hydrogen-bond acceptors (Lipinski definition) is 5. The number of thiophene rings is 1. The minimum Gasteiger partial charge on any atom is -0.326 e. The van der Waals surface area contributed by atoms with Crippen LogP contribution in [0.3, 0.4) is 0 Å². The molecule has 0 bridgehead atoms. The third-order valence-electron chi connectivity index (χ3n) is 2.12. The van der Waals surface area contributed by atoms with Gasteiger partial charge in [0.2, 0.25) is 0 Å². The van der Waals surface area contributed by atoms with Crippen molar-refractivity contribution in [3.8, 4) is 0 Å². The average molecular weight is 287 g/mol. The Kier molecular flexibility index (Phi) is 3.60. The summed E-state index contributed by atoms with van der Waals surface area (Å²) in [5, 5.41) is 0. The summed E-state index contributed by atoms with van der Waals surface area (Å²) in [6.07, 6.45) is 2.25. The summed E-state index contributed by atoms with van der Waals surface area (Å²) in [7, 11) is -3.78. The lowest BCUT2D eigenvalue weighted by molar-refractivity contribution is 0.599. The van der Waals surface area contributed by atoms with E-state index in [9.17, 15) is 12.8 Å². The standard InChI is InChI=1S/C10H10FN3O2S2/c11-8-6-13-4-3-9(8)14-18(15,16)10-2-1-7(5-12)17-10/h1-4,6H,5,12H2,(H,13,14). The Hall–Kier alpha value is -1.51. The molecule has 0 saturated heterocycles. The summed E-state index contributed by atoms with van der Waals surface area (Å²) in [5.41, 5.74) is 5.28. The van der Waals surface area contributed by atoms with E-state index in [0.717, 1.165) is 22.4 Å². The van der Waals surface area contributed by atoms with Crippen molar-refractivity contribution in [2.75, 3.05) is 4.72 Å². The monoisotopic (exact) mass is 287 g/mol. The van der Waals surface area contributed by atoms with Crippen molar-refractivity contribution in [1.29, 1.82) is 0 Å². The molecule has 0 aliphatic rings. The van der Waals surface area contributed by atoms with Crippen LogP contribution in [0.1, 0.15) is 4.88 Å². The van der Waals surface area contributed by atoms with Crippen molar-refractivity contribution < 1.29 is 12.8 Å². The third kappa shape index (κ3) is 2.66. The highest BCUT2D eigenvalue weighted by atomic mass is 32.2. The van der Waals surface area contributed by atoms with Gasteiger partial charge in [-0.1, -0.05) is 0 Å². The quantitative estimate of drug-likeness (QED) is 0.893. The van der Waals surface area contributed by atoms with E-state index in [1.54, 1.807) is 6.07 Å². The smallest absolute Gasteiger partial charge is 0.271 e. The second-order valence-corrected chi connectivity index (χ2v) is 6.46. The topological polar surface area (TPSA) is 85.1 Å². The maximum absolute atomic E-state index is 13.3. The molecule has 0 fully saturated rings. The SMILES string of the molecule is NCc1ccc(S(=O)(=O)Nc2ccncc2F)s1. The Morgan fingerprint density at radius 1 is 1.39 bits per heavy atom. The van der Waals surface area contributed by atoms with Crippen molar-refractivity contribution in [3.63, 3.8) is 0 Å². The number of nitrogens with one attached hydrogen (secondary N) is 1. The molecule has 96 valence electrons. The van der Waals surface area contributed by atoms with Crippen molar-refractivity contribution in [3.05, 3.63) is 41.3 Å². The molecule has 8 heteroatoms. The molecular formula is C10H10FN3O2S2. The Morgan fingerprint density at radius 2 is 2.17 bits per heavy atom. The van der Waals surface area contributed by atoms with Gasteiger partial charge in [-0.15, -0.1) is 11.3 Å². The van der Waals surface area contributed by atoms with E-state index in [2.05, 4.69) is 9.71 Å². The fraction of sp³-hybridized carbons (Fsp3) is 0.100. The van der Waals surface area contributed by atoms with Gasteiger partial charge in [-0.2, -0.15) is 0 Å². The first-order valence-corrected chi connectivity index (χ1v) is 7.24. The van der Waals surface area contributed by atoms with Crippen LogP contribution in [-0.2, 0) is 16.6 Å². The van der Waals surface area contributed by atoms with E-state index in [1.165, 1.54) is 18.3 Å². The van der Waals surface area contributed by atoms with Gasteiger partial charge in [0.15, 0.2) is 5.82 Å². The van der Waals surface area contributed by atoms with Gasteiger partial charge in [-0.3, -0.25) is 9.71 Å². The first kappa shape index (κ1) is 12.9. The summed E-state index contributed by atoms with van der Waals surface area (Å²) < 4.78 is 39.5. The number of pyridine rings is 1. The lowest BCUT2D eigenvalue weighted by atomic mass is 10.4. The number of sulfonamides is 1.